The van der Waals surface area contributed by atoms with Gasteiger partial charge in [0.2, 0.25) is 0 Å². The minimum Gasteiger partial charge on any atom is -0.393 e. The Labute approximate surface area is 130 Å². The van der Waals surface area contributed by atoms with E-state index in [0.717, 1.165) is 25.7 Å². The average molecular weight is 288 g/mol. The molecule has 1 N–H and O–H groups in total. The van der Waals surface area contributed by atoms with Gasteiger partial charge in [-0.2, -0.15) is 0 Å². The van der Waals surface area contributed by atoms with Gasteiger partial charge < -0.3 is 5.11 Å². The van der Waals surface area contributed by atoms with Crippen molar-refractivity contribution in [3.63, 3.8) is 0 Å². The van der Waals surface area contributed by atoms with Gasteiger partial charge in [0.25, 0.3) is 0 Å². The lowest BCUT2D eigenvalue weighted by atomic mass is 9.82. The molecule has 0 spiro atoms. The topological polar surface area (TPSA) is 20.2 Å². The molecule has 1 aromatic carbocycles. The zero-order valence-electron chi connectivity index (χ0n) is 13.7. The quantitative estimate of drug-likeness (QED) is 0.617. The number of benzene rings is 1. The lowest BCUT2D eigenvalue weighted by Gasteiger charge is -2.25. The van der Waals surface area contributed by atoms with Gasteiger partial charge in [-0.15, -0.1) is 0 Å². The molecule has 0 atom stereocenters. The van der Waals surface area contributed by atoms with Gasteiger partial charge in [-0.1, -0.05) is 63.3 Å². The van der Waals surface area contributed by atoms with Gasteiger partial charge >= 0.3 is 0 Å². The third kappa shape index (κ3) is 5.82. The van der Waals surface area contributed by atoms with Crippen molar-refractivity contribution in [3.05, 3.63) is 35.4 Å². The van der Waals surface area contributed by atoms with E-state index in [-0.39, 0.29) is 6.10 Å². The van der Waals surface area contributed by atoms with Gasteiger partial charge in [0.1, 0.15) is 0 Å². The predicted octanol–water partition coefficient (Wildman–Crippen LogP) is 5.61. The van der Waals surface area contributed by atoms with Gasteiger partial charge in [-0.05, 0) is 55.6 Å². The molecule has 0 aromatic heterocycles. The highest BCUT2D eigenvalue weighted by Crippen LogP contribution is 2.32. The maximum Gasteiger partial charge on any atom is 0.0540 e. The molecule has 1 fully saturated rings. The summed E-state index contributed by atoms with van der Waals surface area (Å²) in [6, 6.07) is 9.31. The molecular formula is C20H32O. The molecule has 0 bridgehead atoms. The summed E-state index contributed by atoms with van der Waals surface area (Å²) in [6.07, 6.45) is 13.7. The van der Waals surface area contributed by atoms with Crippen molar-refractivity contribution in [1.29, 1.82) is 0 Å². The summed E-state index contributed by atoms with van der Waals surface area (Å²) >= 11 is 0. The highest BCUT2D eigenvalue weighted by atomic mass is 16.3. The molecule has 1 aromatic rings. The van der Waals surface area contributed by atoms with Gasteiger partial charge in [-0.25, -0.2) is 0 Å². The summed E-state index contributed by atoms with van der Waals surface area (Å²) in [5, 5.41) is 9.59. The summed E-state index contributed by atoms with van der Waals surface area (Å²) in [4.78, 5) is 0. The molecule has 0 amide bonds. The number of aryl methyl sites for hydroxylation is 1. The number of rotatable bonds is 8. The Kier molecular flexibility index (Phi) is 7.29. The van der Waals surface area contributed by atoms with Crippen LogP contribution in [0.2, 0.25) is 0 Å². The van der Waals surface area contributed by atoms with E-state index in [0.29, 0.717) is 5.92 Å². The average Bonchev–Trinajstić information content (AvgIpc) is 2.52. The Bertz CT molecular complexity index is 373. The molecule has 0 saturated heterocycles. The second-order valence-corrected chi connectivity index (χ2v) is 6.76. The SMILES string of the molecule is CCCCCCCCc1ccc(C2CCC(O)CC2)cc1. The maximum absolute atomic E-state index is 9.59. The van der Waals surface area contributed by atoms with Crippen LogP contribution in [0.15, 0.2) is 24.3 Å². The van der Waals surface area contributed by atoms with Crippen molar-refractivity contribution in [3.8, 4) is 0 Å². The first-order valence-corrected chi connectivity index (χ1v) is 9.06. The largest absolute Gasteiger partial charge is 0.393 e. The van der Waals surface area contributed by atoms with Crippen LogP contribution in [0.1, 0.15) is 88.2 Å². The van der Waals surface area contributed by atoms with E-state index in [9.17, 15) is 5.11 Å². The van der Waals surface area contributed by atoms with E-state index < -0.39 is 0 Å². The van der Waals surface area contributed by atoms with Crippen molar-refractivity contribution in [2.45, 2.75) is 89.6 Å². The van der Waals surface area contributed by atoms with E-state index in [1.807, 2.05) is 0 Å². The van der Waals surface area contributed by atoms with Crippen LogP contribution in [0.25, 0.3) is 0 Å². The minimum absolute atomic E-state index is 0.0479. The van der Waals surface area contributed by atoms with Crippen molar-refractivity contribution in [2.75, 3.05) is 0 Å². The molecule has 0 unspecified atom stereocenters. The Morgan fingerprint density at radius 1 is 0.857 bits per heavy atom. The van der Waals surface area contributed by atoms with Crippen LogP contribution in [-0.2, 0) is 6.42 Å². The molecule has 1 nitrogen and oxygen atoms in total. The second-order valence-electron chi connectivity index (χ2n) is 6.76. The molecule has 0 aliphatic heterocycles. The van der Waals surface area contributed by atoms with Crippen molar-refractivity contribution >= 4 is 0 Å². The zero-order chi connectivity index (χ0) is 14.9. The van der Waals surface area contributed by atoms with Crippen LogP contribution < -0.4 is 0 Å². The second kappa shape index (κ2) is 9.25. The van der Waals surface area contributed by atoms with Crippen LogP contribution in [0, 0.1) is 0 Å². The molecule has 0 heterocycles. The highest BCUT2D eigenvalue weighted by Gasteiger charge is 2.20. The lowest BCUT2D eigenvalue weighted by molar-refractivity contribution is 0.122. The summed E-state index contributed by atoms with van der Waals surface area (Å²) in [5.74, 6) is 0.677. The molecule has 1 aliphatic carbocycles. The van der Waals surface area contributed by atoms with Gasteiger partial charge in [-0.3, -0.25) is 0 Å². The van der Waals surface area contributed by atoms with Crippen LogP contribution in [0.3, 0.4) is 0 Å². The summed E-state index contributed by atoms with van der Waals surface area (Å²) in [6.45, 7) is 2.27. The molecule has 118 valence electrons. The predicted molar refractivity (Wildman–Crippen MR) is 90.7 cm³/mol. The standard InChI is InChI=1S/C20H32O/c1-2-3-4-5-6-7-8-17-9-11-18(12-10-17)19-13-15-20(21)16-14-19/h9-12,19-21H,2-8,13-16H2,1H3. The minimum atomic E-state index is -0.0479. The van der Waals surface area contributed by atoms with Crippen LogP contribution in [-0.4, -0.2) is 11.2 Å². The molecule has 1 aliphatic rings. The number of hydrogen-bond acceptors (Lipinski definition) is 1. The molecule has 2 rings (SSSR count). The number of aliphatic hydroxyl groups excluding tert-OH is 1. The first kappa shape index (κ1) is 16.5. The van der Waals surface area contributed by atoms with Crippen molar-refractivity contribution in [2.24, 2.45) is 0 Å². The lowest BCUT2D eigenvalue weighted by Crippen LogP contribution is -2.16. The monoisotopic (exact) mass is 288 g/mol. The first-order valence-electron chi connectivity index (χ1n) is 9.06. The summed E-state index contributed by atoms with van der Waals surface area (Å²) in [5.41, 5.74) is 2.97. The normalized spacial score (nSPS) is 22.4. The Hall–Kier alpha value is -0.820. The van der Waals surface area contributed by atoms with E-state index in [1.54, 1.807) is 0 Å². The Morgan fingerprint density at radius 2 is 1.48 bits per heavy atom. The van der Waals surface area contributed by atoms with Gasteiger partial charge in [0, 0.05) is 0 Å². The van der Waals surface area contributed by atoms with E-state index in [1.165, 1.54) is 56.1 Å². The number of hydrogen-bond donors (Lipinski definition) is 1. The summed E-state index contributed by atoms with van der Waals surface area (Å²) < 4.78 is 0. The molecule has 21 heavy (non-hydrogen) atoms. The Balaban J connectivity index is 1.69. The fraction of sp³-hybridized carbons (Fsp3) is 0.700. The van der Waals surface area contributed by atoms with Crippen LogP contribution in [0.5, 0.6) is 0 Å². The van der Waals surface area contributed by atoms with E-state index in [4.69, 9.17) is 0 Å². The van der Waals surface area contributed by atoms with Gasteiger partial charge in [0.15, 0.2) is 0 Å². The molecular weight excluding hydrogens is 256 g/mol. The third-order valence-electron chi connectivity index (χ3n) is 4.97. The molecule has 1 saturated carbocycles. The van der Waals surface area contributed by atoms with Crippen molar-refractivity contribution in [1.82, 2.24) is 0 Å². The fourth-order valence-corrected chi connectivity index (χ4v) is 3.48. The molecule has 1 heteroatoms. The molecule has 0 radical (unpaired) electrons. The van der Waals surface area contributed by atoms with Crippen LogP contribution in [0.4, 0.5) is 0 Å². The van der Waals surface area contributed by atoms with Gasteiger partial charge in [0.05, 0.1) is 6.10 Å². The van der Waals surface area contributed by atoms with E-state index >= 15 is 0 Å². The number of aliphatic hydroxyl groups is 1. The Morgan fingerprint density at radius 3 is 2.14 bits per heavy atom. The first-order chi connectivity index (χ1) is 10.3. The smallest absolute Gasteiger partial charge is 0.0540 e. The highest BCUT2D eigenvalue weighted by molar-refractivity contribution is 5.26. The van der Waals surface area contributed by atoms with E-state index in [2.05, 4.69) is 31.2 Å². The summed E-state index contributed by atoms with van der Waals surface area (Å²) in [7, 11) is 0. The zero-order valence-corrected chi connectivity index (χ0v) is 13.7. The van der Waals surface area contributed by atoms with Crippen molar-refractivity contribution < 1.29 is 5.11 Å². The number of unbranched alkanes of at least 4 members (excludes halogenated alkanes) is 5. The van der Waals surface area contributed by atoms with Crippen LogP contribution >= 0.6 is 0 Å². The maximum atomic E-state index is 9.59. The fourth-order valence-electron chi connectivity index (χ4n) is 3.48. The third-order valence-corrected chi connectivity index (χ3v) is 4.97.